The Bertz CT molecular complexity index is 2670. The average molecular weight is 653 g/mol. The van der Waals surface area contributed by atoms with E-state index in [0.29, 0.717) is 17.0 Å². The summed E-state index contributed by atoms with van der Waals surface area (Å²) in [6, 6.07) is 17.3. The van der Waals surface area contributed by atoms with Crippen molar-refractivity contribution in [3.8, 4) is 11.3 Å². The minimum absolute atomic E-state index is 0.243. The Balaban J connectivity index is 0.000000147. The van der Waals surface area contributed by atoms with Gasteiger partial charge in [-0.05, 0) is 43.3 Å². The van der Waals surface area contributed by atoms with Crippen molar-refractivity contribution < 1.29 is 16.8 Å². The molecule has 0 amide bonds. The number of sulfone groups is 1. The smallest absolute Gasteiger partial charge is 0.269 e. The average Bonchev–Trinajstić information content (AvgIpc) is 3.82. The summed E-state index contributed by atoms with van der Waals surface area (Å²) in [6.07, 6.45) is 9.77. The predicted molar refractivity (Wildman–Crippen MR) is 177 cm³/mol. The first kappa shape index (κ1) is 29.4. The quantitative estimate of drug-likeness (QED) is 0.279. The number of fused-ring (bicyclic) bond motifs is 6. The van der Waals surface area contributed by atoms with Crippen molar-refractivity contribution in [2.75, 3.05) is 6.26 Å². The summed E-state index contributed by atoms with van der Waals surface area (Å²) in [6.45, 7) is 1.92. The van der Waals surface area contributed by atoms with Crippen molar-refractivity contribution in [3.05, 3.63) is 97.2 Å². The standard InChI is InChI=1S/2C16H14N4O2S/c1-11-3-5-13(6-4-11)23(21,22)20-8-7-14-15-12(9-17-16(14)20)10-18-19(15)2;1-20-15-11(9-18-20)8-17-16-13(15)7-14(19-16)10-4-3-5-12(6-10)23(2,21)22/h3-10H,1-2H3;3-9,18H,1-2H3. The Morgan fingerprint density at radius 1 is 0.783 bits per heavy atom. The molecule has 0 unspecified atom stereocenters. The number of pyridine rings is 2. The van der Waals surface area contributed by atoms with Gasteiger partial charge in [-0.15, -0.1) is 0 Å². The maximum atomic E-state index is 12.9. The van der Waals surface area contributed by atoms with Crippen LogP contribution >= 0.6 is 0 Å². The molecule has 0 saturated carbocycles. The molecule has 0 aliphatic carbocycles. The highest BCUT2D eigenvalue weighted by molar-refractivity contribution is 7.90. The molecule has 0 aliphatic rings. The summed E-state index contributed by atoms with van der Waals surface area (Å²) in [7, 11) is -3.17. The lowest BCUT2D eigenvalue weighted by Gasteiger charge is -2.07. The molecule has 8 rings (SSSR count). The van der Waals surface area contributed by atoms with Gasteiger partial charge in [-0.25, -0.2) is 35.8 Å². The summed E-state index contributed by atoms with van der Waals surface area (Å²) in [5, 5.41) is 10.9. The van der Waals surface area contributed by atoms with Crippen molar-refractivity contribution in [2.24, 2.45) is 14.1 Å². The van der Waals surface area contributed by atoms with Crippen LogP contribution in [-0.2, 0) is 34.0 Å². The fraction of sp³-hybridized carbons (Fsp3) is 0.125. The van der Waals surface area contributed by atoms with Gasteiger partial charge in [0, 0.05) is 72.2 Å². The van der Waals surface area contributed by atoms with E-state index in [-0.39, 0.29) is 9.79 Å². The van der Waals surface area contributed by atoms with Gasteiger partial charge in [0.15, 0.2) is 21.1 Å². The second-order valence-electron chi connectivity index (χ2n) is 11.1. The van der Waals surface area contributed by atoms with Gasteiger partial charge in [0.05, 0.1) is 32.7 Å². The SMILES string of the molecule is Cc1ccc(S(=O)(=O)n2ccc3c2ncc2cnn(C)c23)cc1.Cn1[nH]cc2cnc3nc(-c4cccc(S(C)(=O)=O)c4)cc3c21. The summed E-state index contributed by atoms with van der Waals surface area (Å²) in [5.41, 5.74) is 5.43. The second kappa shape index (κ2) is 10.6. The number of hydrogen-bond acceptors (Lipinski definition) is 8. The Morgan fingerprint density at radius 2 is 1.54 bits per heavy atom. The highest BCUT2D eigenvalue weighted by Gasteiger charge is 2.21. The predicted octanol–water partition coefficient (Wildman–Crippen LogP) is 4.99. The van der Waals surface area contributed by atoms with E-state index in [1.54, 1.807) is 78.0 Å². The summed E-state index contributed by atoms with van der Waals surface area (Å²) in [4.78, 5) is 13.8. The molecule has 6 heterocycles. The molecule has 46 heavy (non-hydrogen) atoms. The topological polar surface area (TPSA) is 150 Å². The Morgan fingerprint density at radius 3 is 2.30 bits per heavy atom. The molecule has 14 heteroatoms. The number of nitrogens with one attached hydrogen (secondary N) is 1. The molecule has 0 aliphatic heterocycles. The zero-order valence-electron chi connectivity index (χ0n) is 25.2. The maximum absolute atomic E-state index is 12.9. The van der Waals surface area contributed by atoms with E-state index in [9.17, 15) is 16.8 Å². The number of rotatable bonds is 4. The van der Waals surface area contributed by atoms with Crippen molar-refractivity contribution in [3.63, 3.8) is 0 Å². The lowest BCUT2D eigenvalue weighted by Crippen LogP contribution is -2.12. The number of aromatic amines is 1. The number of H-pyrrole nitrogens is 1. The van der Waals surface area contributed by atoms with Gasteiger partial charge >= 0.3 is 0 Å². The molecule has 1 N–H and O–H groups in total. The maximum Gasteiger partial charge on any atom is 0.269 e. The first-order valence-corrected chi connectivity index (χ1v) is 17.4. The fourth-order valence-corrected chi connectivity index (χ4v) is 7.49. The molecular weight excluding hydrogens is 625 g/mol. The van der Waals surface area contributed by atoms with Crippen LogP contribution < -0.4 is 0 Å². The molecule has 0 radical (unpaired) electrons. The molecule has 2 aromatic carbocycles. The molecule has 0 spiro atoms. The van der Waals surface area contributed by atoms with Crippen molar-refractivity contribution >= 4 is 63.7 Å². The minimum atomic E-state index is -3.68. The van der Waals surface area contributed by atoms with Crippen LogP contribution in [0.2, 0.25) is 0 Å². The number of benzene rings is 2. The fourth-order valence-electron chi connectivity index (χ4n) is 5.52. The van der Waals surface area contributed by atoms with Gasteiger partial charge in [-0.2, -0.15) is 5.10 Å². The van der Waals surface area contributed by atoms with E-state index in [1.165, 1.54) is 10.2 Å². The molecule has 0 bridgehead atoms. The largest absolute Gasteiger partial charge is 0.305 e. The molecule has 0 atom stereocenters. The summed E-state index contributed by atoms with van der Waals surface area (Å²) in [5.74, 6) is 0. The van der Waals surface area contributed by atoms with Gasteiger partial charge in [-0.3, -0.25) is 9.36 Å². The first-order valence-electron chi connectivity index (χ1n) is 14.1. The van der Waals surface area contributed by atoms with Gasteiger partial charge in [0.25, 0.3) is 10.0 Å². The van der Waals surface area contributed by atoms with Gasteiger partial charge < -0.3 is 5.10 Å². The lowest BCUT2D eigenvalue weighted by molar-refractivity contribution is 0.588. The van der Waals surface area contributed by atoms with Gasteiger partial charge in [0.2, 0.25) is 0 Å². The van der Waals surface area contributed by atoms with Crippen LogP contribution in [0, 0.1) is 6.92 Å². The van der Waals surface area contributed by atoms with Crippen LogP contribution in [0.1, 0.15) is 5.56 Å². The minimum Gasteiger partial charge on any atom is -0.305 e. The van der Waals surface area contributed by atoms with Crippen molar-refractivity contribution in [1.29, 1.82) is 0 Å². The Kier molecular flexibility index (Phi) is 6.79. The van der Waals surface area contributed by atoms with Gasteiger partial charge in [0.1, 0.15) is 0 Å². The van der Waals surface area contributed by atoms with E-state index in [1.807, 2.05) is 44.0 Å². The lowest BCUT2D eigenvalue weighted by atomic mass is 10.1. The molecule has 232 valence electrons. The Hall–Kier alpha value is -5.34. The monoisotopic (exact) mass is 652 g/mol. The zero-order valence-corrected chi connectivity index (χ0v) is 26.9. The third kappa shape index (κ3) is 4.91. The molecule has 12 nitrogen and oxygen atoms in total. The van der Waals surface area contributed by atoms with Crippen LogP contribution in [0.25, 0.3) is 55.1 Å². The van der Waals surface area contributed by atoms with Crippen molar-refractivity contribution in [1.82, 2.24) is 38.5 Å². The first-order chi connectivity index (χ1) is 21.9. The highest BCUT2D eigenvalue weighted by Crippen LogP contribution is 2.30. The normalized spacial score (nSPS) is 12.3. The molecule has 8 aromatic rings. The summed E-state index contributed by atoms with van der Waals surface area (Å²) < 4.78 is 54.1. The molecule has 0 saturated heterocycles. The number of aromatic nitrogens is 8. The highest BCUT2D eigenvalue weighted by atomic mass is 32.2. The van der Waals surface area contributed by atoms with E-state index in [2.05, 4.69) is 25.1 Å². The number of hydrogen-bond donors (Lipinski definition) is 1. The van der Waals surface area contributed by atoms with Crippen LogP contribution in [0.15, 0.2) is 101 Å². The third-order valence-corrected chi connectivity index (χ3v) is 10.7. The van der Waals surface area contributed by atoms with Crippen LogP contribution in [0.5, 0.6) is 0 Å². The number of nitrogens with zero attached hydrogens (tertiary/aromatic N) is 7. The molecular formula is C32H28N8O4S2. The van der Waals surface area contributed by atoms with E-state index >= 15 is 0 Å². The van der Waals surface area contributed by atoms with Crippen LogP contribution in [0.3, 0.4) is 0 Å². The van der Waals surface area contributed by atoms with Crippen molar-refractivity contribution in [2.45, 2.75) is 16.7 Å². The zero-order chi connectivity index (χ0) is 32.4. The number of aryl methyl sites for hydroxylation is 3. The Labute approximate surface area is 263 Å². The molecule has 6 aromatic heterocycles. The van der Waals surface area contributed by atoms with E-state index in [0.717, 1.165) is 43.7 Å². The van der Waals surface area contributed by atoms with E-state index < -0.39 is 19.9 Å². The molecule has 0 fully saturated rings. The second-order valence-corrected chi connectivity index (χ2v) is 14.9. The third-order valence-electron chi connectivity index (χ3n) is 7.86. The van der Waals surface area contributed by atoms with Crippen LogP contribution in [0.4, 0.5) is 0 Å². The van der Waals surface area contributed by atoms with Gasteiger partial charge in [-0.1, -0.05) is 29.8 Å². The van der Waals surface area contributed by atoms with E-state index in [4.69, 9.17) is 0 Å². The summed E-state index contributed by atoms with van der Waals surface area (Å²) >= 11 is 0. The van der Waals surface area contributed by atoms with Crippen LogP contribution in [-0.4, -0.2) is 61.6 Å².